The van der Waals surface area contributed by atoms with Crippen molar-refractivity contribution in [3.05, 3.63) is 28.2 Å². The third-order valence-electron chi connectivity index (χ3n) is 4.54. The van der Waals surface area contributed by atoms with Crippen LogP contribution < -0.4 is 15.4 Å². The molecule has 4 rings (SSSR count). The van der Waals surface area contributed by atoms with Gasteiger partial charge in [0, 0.05) is 23.1 Å². The van der Waals surface area contributed by atoms with Crippen LogP contribution in [0.4, 0.5) is 4.79 Å². The number of hydrogen-bond donors (Lipinski definition) is 2. The molecule has 1 aromatic rings. The van der Waals surface area contributed by atoms with E-state index in [1.54, 1.807) is 0 Å². The van der Waals surface area contributed by atoms with Gasteiger partial charge in [0.2, 0.25) is 0 Å². The molecule has 3 aliphatic rings. The van der Waals surface area contributed by atoms with E-state index in [1.165, 1.54) is 0 Å². The molecular formula is C15H15BrN2O4. The number of fused-ring (bicyclic) bond motifs is 2. The van der Waals surface area contributed by atoms with Crippen LogP contribution in [0.1, 0.15) is 24.8 Å². The summed E-state index contributed by atoms with van der Waals surface area (Å²) in [5.41, 5.74) is -0.982. The molecule has 0 radical (unpaired) electrons. The molecule has 116 valence electrons. The molecule has 2 saturated heterocycles. The van der Waals surface area contributed by atoms with Crippen molar-refractivity contribution in [2.75, 3.05) is 13.2 Å². The third-order valence-corrected chi connectivity index (χ3v) is 5.04. The summed E-state index contributed by atoms with van der Waals surface area (Å²) < 4.78 is 12.6. The molecule has 2 unspecified atom stereocenters. The van der Waals surface area contributed by atoms with Gasteiger partial charge in [0.25, 0.3) is 5.91 Å². The summed E-state index contributed by atoms with van der Waals surface area (Å²) in [6.45, 7) is 1.12. The van der Waals surface area contributed by atoms with Crippen LogP contribution in [0.25, 0.3) is 0 Å². The summed E-state index contributed by atoms with van der Waals surface area (Å²) in [6.07, 6.45) is 2.05. The minimum Gasteiger partial charge on any atom is -0.484 e. The molecule has 0 aliphatic carbocycles. The van der Waals surface area contributed by atoms with E-state index in [4.69, 9.17) is 9.47 Å². The minimum absolute atomic E-state index is 0.329. The molecule has 3 amide bonds. The van der Waals surface area contributed by atoms with Gasteiger partial charge in [-0.1, -0.05) is 15.9 Å². The number of halogens is 1. The Hall–Kier alpha value is -1.60. The molecule has 1 aromatic carbocycles. The Morgan fingerprint density at radius 2 is 2.14 bits per heavy atom. The van der Waals surface area contributed by atoms with Crippen LogP contribution >= 0.6 is 15.9 Å². The Morgan fingerprint density at radius 1 is 1.27 bits per heavy atom. The lowest BCUT2D eigenvalue weighted by atomic mass is 9.74. The zero-order valence-electron chi connectivity index (χ0n) is 11.8. The van der Waals surface area contributed by atoms with Crippen LogP contribution in [0.15, 0.2) is 22.7 Å². The van der Waals surface area contributed by atoms with Crippen molar-refractivity contribution in [2.24, 2.45) is 0 Å². The Bertz CT molecular complexity index is 672. The fourth-order valence-corrected chi connectivity index (χ4v) is 3.99. The molecule has 2 fully saturated rings. The fourth-order valence-electron chi connectivity index (χ4n) is 3.62. The van der Waals surface area contributed by atoms with Gasteiger partial charge in [-0.25, -0.2) is 4.79 Å². The normalized spacial score (nSPS) is 33.3. The second-order valence-electron chi connectivity index (χ2n) is 6.07. The van der Waals surface area contributed by atoms with Crippen LogP contribution in [-0.4, -0.2) is 30.8 Å². The highest BCUT2D eigenvalue weighted by molar-refractivity contribution is 9.10. The number of nitrogens with one attached hydrogen (secondary N) is 2. The van der Waals surface area contributed by atoms with Crippen LogP contribution in [0, 0.1) is 0 Å². The smallest absolute Gasteiger partial charge is 0.322 e. The van der Waals surface area contributed by atoms with Crippen LogP contribution in [-0.2, 0) is 15.1 Å². The number of carbonyl (C=O) groups excluding carboxylic acids is 2. The molecule has 7 heteroatoms. The topological polar surface area (TPSA) is 76.7 Å². The molecule has 6 nitrogen and oxygen atoms in total. The van der Waals surface area contributed by atoms with Gasteiger partial charge in [0.05, 0.1) is 6.61 Å². The monoisotopic (exact) mass is 366 g/mol. The van der Waals surface area contributed by atoms with Crippen molar-refractivity contribution in [3.8, 4) is 5.75 Å². The van der Waals surface area contributed by atoms with Crippen LogP contribution in [0.5, 0.6) is 5.75 Å². The van der Waals surface area contributed by atoms with Crippen molar-refractivity contribution in [1.29, 1.82) is 0 Å². The fraction of sp³-hybridized carbons (Fsp3) is 0.467. The summed E-state index contributed by atoms with van der Waals surface area (Å²) in [6, 6.07) is 5.06. The Morgan fingerprint density at radius 3 is 2.82 bits per heavy atom. The Labute approximate surface area is 135 Å². The molecule has 22 heavy (non-hydrogen) atoms. The first-order chi connectivity index (χ1) is 10.5. The lowest BCUT2D eigenvalue weighted by Gasteiger charge is -2.47. The molecule has 3 heterocycles. The van der Waals surface area contributed by atoms with Gasteiger partial charge < -0.3 is 14.8 Å². The summed E-state index contributed by atoms with van der Waals surface area (Å²) >= 11 is 3.42. The van der Waals surface area contributed by atoms with E-state index in [0.717, 1.165) is 17.3 Å². The first-order valence-corrected chi connectivity index (χ1v) is 8.03. The second kappa shape index (κ2) is 4.70. The number of urea groups is 1. The van der Waals surface area contributed by atoms with Gasteiger partial charge in [0.15, 0.2) is 5.54 Å². The highest BCUT2D eigenvalue weighted by Crippen LogP contribution is 2.48. The van der Waals surface area contributed by atoms with Crippen molar-refractivity contribution in [1.82, 2.24) is 10.6 Å². The van der Waals surface area contributed by atoms with Gasteiger partial charge in [-0.3, -0.25) is 10.1 Å². The predicted octanol–water partition coefficient (Wildman–Crippen LogP) is 1.82. The molecule has 2 atom stereocenters. The maximum Gasteiger partial charge on any atom is 0.322 e. The van der Waals surface area contributed by atoms with E-state index < -0.39 is 17.2 Å². The zero-order chi connectivity index (χ0) is 15.4. The number of hydrogen-bond acceptors (Lipinski definition) is 4. The number of imide groups is 1. The SMILES string of the molecule is O=C1NC(=O)C2(CC3(CCCOC3)Oc3ccc(Br)cc32)N1. The number of rotatable bonds is 0. The molecule has 2 spiro atoms. The maximum absolute atomic E-state index is 12.6. The average molecular weight is 367 g/mol. The number of benzene rings is 1. The van der Waals surface area contributed by atoms with Crippen LogP contribution in [0.2, 0.25) is 0 Å². The predicted molar refractivity (Wildman–Crippen MR) is 80.5 cm³/mol. The summed E-state index contributed by atoms with van der Waals surface area (Å²) in [7, 11) is 0. The van der Waals surface area contributed by atoms with Gasteiger partial charge in [0.1, 0.15) is 11.4 Å². The molecular weight excluding hydrogens is 352 g/mol. The number of ether oxygens (including phenoxy) is 2. The molecule has 0 saturated carbocycles. The van der Waals surface area contributed by atoms with Gasteiger partial charge >= 0.3 is 6.03 Å². The third kappa shape index (κ3) is 1.95. The summed E-state index contributed by atoms with van der Waals surface area (Å²) in [5, 5.41) is 5.18. The van der Waals surface area contributed by atoms with Crippen LogP contribution in [0.3, 0.4) is 0 Å². The minimum atomic E-state index is -1.09. The average Bonchev–Trinajstić information content (AvgIpc) is 2.75. The molecule has 2 N–H and O–H groups in total. The van der Waals surface area contributed by atoms with E-state index in [2.05, 4.69) is 26.6 Å². The Balaban J connectivity index is 1.87. The quantitative estimate of drug-likeness (QED) is 0.686. The van der Waals surface area contributed by atoms with Crippen molar-refractivity contribution in [3.63, 3.8) is 0 Å². The lowest BCUT2D eigenvalue weighted by Crippen LogP contribution is -2.58. The van der Waals surface area contributed by atoms with E-state index in [9.17, 15) is 9.59 Å². The lowest BCUT2D eigenvalue weighted by molar-refractivity contribution is -0.134. The van der Waals surface area contributed by atoms with Crippen molar-refractivity contribution >= 4 is 27.9 Å². The summed E-state index contributed by atoms with van der Waals surface area (Å²) in [5.74, 6) is 0.294. The molecule has 3 aliphatic heterocycles. The largest absolute Gasteiger partial charge is 0.484 e. The highest BCUT2D eigenvalue weighted by Gasteiger charge is 2.58. The van der Waals surface area contributed by atoms with Gasteiger partial charge in [-0.2, -0.15) is 0 Å². The van der Waals surface area contributed by atoms with E-state index in [1.807, 2.05) is 18.2 Å². The van der Waals surface area contributed by atoms with E-state index in [-0.39, 0.29) is 5.91 Å². The van der Waals surface area contributed by atoms with E-state index in [0.29, 0.717) is 30.9 Å². The number of amides is 3. The van der Waals surface area contributed by atoms with Crippen molar-refractivity contribution < 1.29 is 19.1 Å². The second-order valence-corrected chi connectivity index (χ2v) is 6.99. The first kappa shape index (κ1) is 14.0. The van der Waals surface area contributed by atoms with E-state index >= 15 is 0 Å². The zero-order valence-corrected chi connectivity index (χ0v) is 13.4. The Kier molecular flexibility index (Phi) is 2.99. The standard InChI is InChI=1S/C15H15BrN2O4/c16-9-2-3-11-10(6-9)15(12(19)17-13(20)18-15)7-14(22-11)4-1-5-21-8-14/h2-3,6H,1,4-5,7-8H2,(H2,17,18,19,20). The molecule has 0 aromatic heterocycles. The highest BCUT2D eigenvalue weighted by atomic mass is 79.9. The van der Waals surface area contributed by atoms with Crippen molar-refractivity contribution in [2.45, 2.75) is 30.4 Å². The molecule has 0 bridgehead atoms. The number of carbonyl (C=O) groups is 2. The first-order valence-electron chi connectivity index (χ1n) is 7.24. The summed E-state index contributed by atoms with van der Waals surface area (Å²) in [4.78, 5) is 24.3. The van der Waals surface area contributed by atoms with Gasteiger partial charge in [-0.15, -0.1) is 0 Å². The van der Waals surface area contributed by atoms with Gasteiger partial charge in [-0.05, 0) is 31.0 Å². The maximum atomic E-state index is 12.6.